The van der Waals surface area contributed by atoms with E-state index >= 15 is 0 Å². The van der Waals surface area contributed by atoms with E-state index in [1.807, 2.05) is 6.92 Å². The van der Waals surface area contributed by atoms with Crippen LogP contribution in [0.1, 0.15) is 12.6 Å². The van der Waals surface area contributed by atoms with Crippen molar-refractivity contribution in [2.45, 2.75) is 26.1 Å². The van der Waals surface area contributed by atoms with Gasteiger partial charge in [-0.15, -0.1) is 17.5 Å². The van der Waals surface area contributed by atoms with Crippen LogP contribution in [-0.2, 0) is 23.9 Å². The summed E-state index contributed by atoms with van der Waals surface area (Å²) in [6.07, 6.45) is -1.63. The Labute approximate surface area is 177 Å². The second-order valence-corrected chi connectivity index (χ2v) is 6.26. The van der Waals surface area contributed by atoms with Crippen LogP contribution >= 0.6 is 12.4 Å². The van der Waals surface area contributed by atoms with E-state index in [2.05, 4.69) is 10.1 Å². The molecule has 0 saturated carbocycles. The van der Waals surface area contributed by atoms with Gasteiger partial charge < -0.3 is 19.3 Å². The number of hydrogen-bond donors (Lipinski definition) is 1. The Kier molecular flexibility index (Phi) is 7.35. The Bertz CT molecular complexity index is 948. The van der Waals surface area contributed by atoms with Crippen molar-refractivity contribution in [3.05, 3.63) is 30.1 Å². The first-order valence-corrected chi connectivity index (χ1v) is 8.72. The number of aliphatic carboxylic acids is 1. The maximum absolute atomic E-state index is 12.9. The van der Waals surface area contributed by atoms with E-state index in [0.717, 1.165) is 12.6 Å². The standard InChI is InChI=1S/C18H20N4O7.ClH/c1-10-8-13(20-22(10)12-4-5-19-14(9-12)27-3)21-6-7-28-15(17(21)24)16(18(25)26)29-11(2)23;/h4-5,8-9,15-16H,6-7H2,1-3H3,(H,25,26);1H/t15?,16-;/m1./s1. The number of morpholine rings is 1. The number of methoxy groups -OCH3 is 1. The molecular formula is C18H21ClN4O7. The second kappa shape index (κ2) is 9.55. The van der Waals surface area contributed by atoms with Gasteiger partial charge in [-0.05, 0) is 13.0 Å². The molecule has 1 N–H and O–H groups in total. The predicted molar refractivity (Wildman–Crippen MR) is 105 cm³/mol. The van der Waals surface area contributed by atoms with Gasteiger partial charge in [0.05, 0.1) is 25.9 Å². The number of ether oxygens (including phenoxy) is 3. The van der Waals surface area contributed by atoms with Gasteiger partial charge in [0.2, 0.25) is 12.0 Å². The van der Waals surface area contributed by atoms with Crippen LogP contribution in [0.3, 0.4) is 0 Å². The number of esters is 1. The third kappa shape index (κ3) is 4.69. The largest absolute Gasteiger partial charge is 0.481 e. The molecule has 30 heavy (non-hydrogen) atoms. The molecule has 2 aromatic rings. The lowest BCUT2D eigenvalue weighted by atomic mass is 10.1. The maximum atomic E-state index is 12.9. The zero-order valence-electron chi connectivity index (χ0n) is 16.5. The van der Waals surface area contributed by atoms with E-state index in [1.54, 1.807) is 29.1 Å². The van der Waals surface area contributed by atoms with Crippen LogP contribution in [0.2, 0.25) is 0 Å². The fourth-order valence-electron chi connectivity index (χ4n) is 2.96. The van der Waals surface area contributed by atoms with Crippen LogP contribution in [0, 0.1) is 6.92 Å². The first kappa shape index (κ1) is 23.1. The normalized spacial score (nSPS) is 17.1. The van der Waals surface area contributed by atoms with Gasteiger partial charge in [-0.25, -0.2) is 14.5 Å². The number of pyridine rings is 1. The van der Waals surface area contributed by atoms with Crippen molar-refractivity contribution in [3.8, 4) is 11.6 Å². The Morgan fingerprint density at radius 2 is 2.10 bits per heavy atom. The van der Waals surface area contributed by atoms with Gasteiger partial charge >= 0.3 is 11.9 Å². The van der Waals surface area contributed by atoms with Crippen LogP contribution in [-0.4, -0.2) is 70.2 Å². The minimum absolute atomic E-state index is 0. The Morgan fingerprint density at radius 3 is 2.73 bits per heavy atom. The number of amides is 1. The molecule has 2 atom stereocenters. The average Bonchev–Trinajstić information content (AvgIpc) is 3.07. The lowest BCUT2D eigenvalue weighted by Crippen LogP contribution is -2.55. The second-order valence-electron chi connectivity index (χ2n) is 6.26. The molecule has 1 saturated heterocycles. The zero-order chi connectivity index (χ0) is 21.1. The molecule has 1 aliphatic heterocycles. The van der Waals surface area contributed by atoms with Crippen molar-refractivity contribution < 1.29 is 33.7 Å². The smallest absolute Gasteiger partial charge is 0.348 e. The van der Waals surface area contributed by atoms with E-state index in [9.17, 15) is 19.5 Å². The van der Waals surface area contributed by atoms with E-state index in [-0.39, 0.29) is 25.6 Å². The van der Waals surface area contributed by atoms with E-state index < -0.39 is 30.1 Å². The maximum Gasteiger partial charge on any atom is 0.348 e. The van der Waals surface area contributed by atoms with Crippen molar-refractivity contribution >= 4 is 36.1 Å². The van der Waals surface area contributed by atoms with Gasteiger partial charge in [-0.3, -0.25) is 14.5 Å². The number of anilines is 1. The molecule has 1 aliphatic rings. The Hall–Kier alpha value is -3.18. The number of carboxylic acid groups (broad SMARTS) is 1. The first-order chi connectivity index (χ1) is 13.8. The van der Waals surface area contributed by atoms with E-state index in [4.69, 9.17) is 14.2 Å². The quantitative estimate of drug-likeness (QED) is 0.646. The summed E-state index contributed by atoms with van der Waals surface area (Å²) in [5, 5.41) is 13.8. The third-order valence-corrected chi connectivity index (χ3v) is 4.26. The average molecular weight is 441 g/mol. The van der Waals surface area contributed by atoms with Gasteiger partial charge in [0.25, 0.3) is 5.91 Å². The number of rotatable bonds is 6. The topological polar surface area (TPSA) is 133 Å². The molecule has 162 valence electrons. The molecule has 2 aromatic heterocycles. The zero-order valence-corrected chi connectivity index (χ0v) is 17.3. The highest BCUT2D eigenvalue weighted by Gasteiger charge is 2.43. The van der Waals surface area contributed by atoms with Crippen molar-refractivity contribution in [2.75, 3.05) is 25.2 Å². The van der Waals surface area contributed by atoms with Crippen LogP contribution in [0.5, 0.6) is 5.88 Å². The summed E-state index contributed by atoms with van der Waals surface area (Å²) in [5.74, 6) is -2.21. The van der Waals surface area contributed by atoms with Crippen molar-refractivity contribution in [2.24, 2.45) is 0 Å². The molecule has 0 aliphatic carbocycles. The molecule has 0 bridgehead atoms. The molecule has 1 amide bonds. The van der Waals surface area contributed by atoms with Crippen LogP contribution in [0.25, 0.3) is 5.69 Å². The summed E-state index contributed by atoms with van der Waals surface area (Å²) in [6.45, 7) is 3.12. The van der Waals surface area contributed by atoms with Crippen molar-refractivity contribution in [1.29, 1.82) is 0 Å². The summed E-state index contributed by atoms with van der Waals surface area (Å²) >= 11 is 0. The van der Waals surface area contributed by atoms with E-state index in [0.29, 0.717) is 17.4 Å². The summed E-state index contributed by atoms with van der Waals surface area (Å²) in [6, 6.07) is 5.11. The lowest BCUT2D eigenvalue weighted by Gasteiger charge is -2.33. The molecule has 0 spiro atoms. The predicted octanol–water partition coefficient (Wildman–Crippen LogP) is 0.754. The molecule has 0 aromatic carbocycles. The number of carboxylic acids is 1. The number of carbonyl (C=O) groups is 3. The van der Waals surface area contributed by atoms with Gasteiger partial charge in [-0.2, -0.15) is 0 Å². The summed E-state index contributed by atoms with van der Waals surface area (Å²) in [5.41, 5.74) is 1.42. The summed E-state index contributed by atoms with van der Waals surface area (Å²) in [4.78, 5) is 40.9. The lowest BCUT2D eigenvalue weighted by molar-refractivity contribution is -0.177. The molecule has 3 rings (SSSR count). The van der Waals surface area contributed by atoms with E-state index in [1.165, 1.54) is 12.0 Å². The highest BCUT2D eigenvalue weighted by atomic mass is 35.5. The monoisotopic (exact) mass is 440 g/mol. The molecule has 12 heteroatoms. The van der Waals surface area contributed by atoms with Crippen molar-refractivity contribution in [1.82, 2.24) is 14.8 Å². The van der Waals surface area contributed by atoms with Crippen LogP contribution in [0.4, 0.5) is 5.82 Å². The van der Waals surface area contributed by atoms with Gasteiger partial charge in [0, 0.05) is 30.9 Å². The van der Waals surface area contributed by atoms with Gasteiger partial charge in [-0.1, -0.05) is 0 Å². The Morgan fingerprint density at radius 1 is 1.37 bits per heavy atom. The number of nitrogens with zero attached hydrogens (tertiary/aromatic N) is 4. The third-order valence-electron chi connectivity index (χ3n) is 4.26. The number of halogens is 1. The summed E-state index contributed by atoms with van der Waals surface area (Å²) in [7, 11) is 1.50. The summed E-state index contributed by atoms with van der Waals surface area (Å²) < 4.78 is 16.8. The molecule has 11 nitrogen and oxygen atoms in total. The van der Waals surface area contributed by atoms with Gasteiger partial charge in [0.1, 0.15) is 0 Å². The molecule has 3 heterocycles. The minimum Gasteiger partial charge on any atom is -0.481 e. The van der Waals surface area contributed by atoms with Crippen LogP contribution < -0.4 is 9.64 Å². The fraction of sp³-hybridized carbons (Fsp3) is 0.389. The minimum atomic E-state index is -1.74. The number of carbonyl (C=O) groups excluding carboxylic acids is 2. The number of hydrogen-bond acceptors (Lipinski definition) is 8. The van der Waals surface area contributed by atoms with Crippen LogP contribution in [0.15, 0.2) is 24.4 Å². The van der Waals surface area contributed by atoms with Gasteiger partial charge in [0.15, 0.2) is 11.9 Å². The number of aryl methyl sites for hydroxylation is 1. The van der Waals surface area contributed by atoms with Crippen molar-refractivity contribution in [3.63, 3.8) is 0 Å². The molecule has 1 fully saturated rings. The molecule has 0 radical (unpaired) electrons. The highest BCUT2D eigenvalue weighted by Crippen LogP contribution is 2.24. The highest BCUT2D eigenvalue weighted by molar-refractivity contribution is 6.00. The first-order valence-electron chi connectivity index (χ1n) is 8.72. The number of aromatic nitrogens is 3. The Balaban J connectivity index is 0.00000320. The fourth-order valence-corrected chi connectivity index (χ4v) is 2.96. The molecule has 1 unspecified atom stereocenters. The SMILES string of the molecule is COc1cc(-n2nc(N3CCOC([C@@H](OC(C)=O)C(=O)O)C3=O)cc2C)ccn1.Cl. The molecular weight excluding hydrogens is 420 g/mol.